The molecule has 2 aromatic heterocycles. The van der Waals surface area contributed by atoms with E-state index in [-0.39, 0.29) is 6.79 Å². The van der Waals surface area contributed by atoms with Crippen molar-refractivity contribution in [2.75, 3.05) is 19.2 Å². The topological polar surface area (TPSA) is 71.3 Å². The van der Waals surface area contributed by atoms with E-state index in [1.54, 1.807) is 24.2 Å². The number of hydrogen-bond donors (Lipinski definition) is 0. The number of hydrogen-bond acceptors (Lipinski definition) is 7. The monoisotopic (exact) mass is 384 g/mol. The highest BCUT2D eigenvalue weighted by atomic mass is 32.2. The minimum absolute atomic E-state index is 0.273. The van der Waals surface area contributed by atoms with Gasteiger partial charge in [-0.05, 0) is 37.6 Å². The van der Waals surface area contributed by atoms with Crippen molar-refractivity contribution >= 4 is 11.8 Å². The van der Waals surface area contributed by atoms with Gasteiger partial charge in [-0.2, -0.15) is 0 Å². The summed E-state index contributed by atoms with van der Waals surface area (Å²) in [6.45, 7) is 3.82. The molecule has 1 aromatic carbocycles. The normalized spacial score (nSPS) is 12.3. The van der Waals surface area contributed by atoms with Gasteiger partial charge < -0.3 is 18.8 Å². The average molecular weight is 384 g/mol. The Balaban J connectivity index is 1.29. The summed E-state index contributed by atoms with van der Waals surface area (Å²) in [4.78, 5) is 4.06. The lowest BCUT2D eigenvalue weighted by atomic mass is 10.2. The van der Waals surface area contributed by atoms with Gasteiger partial charge in [0.2, 0.25) is 6.79 Å². The highest BCUT2D eigenvalue weighted by Crippen LogP contribution is 2.35. The fourth-order valence-corrected chi connectivity index (χ4v) is 3.69. The first-order chi connectivity index (χ1) is 13.3. The van der Waals surface area contributed by atoms with Crippen LogP contribution in [0, 0.1) is 0 Å². The van der Waals surface area contributed by atoms with Crippen LogP contribution in [-0.2, 0) is 6.54 Å². The summed E-state index contributed by atoms with van der Waals surface area (Å²) >= 11 is 1.69. The van der Waals surface area contributed by atoms with Gasteiger partial charge >= 0.3 is 0 Å². The van der Waals surface area contributed by atoms with Gasteiger partial charge in [-0.25, -0.2) is 0 Å². The Morgan fingerprint density at radius 3 is 2.81 bits per heavy atom. The van der Waals surface area contributed by atoms with E-state index in [1.807, 2.05) is 30.3 Å². The molecule has 7 nitrogen and oxygen atoms in total. The summed E-state index contributed by atoms with van der Waals surface area (Å²) < 4.78 is 18.6. The maximum atomic E-state index is 5.80. The van der Waals surface area contributed by atoms with Crippen LogP contribution < -0.4 is 14.2 Å². The van der Waals surface area contributed by atoms with Crippen molar-refractivity contribution in [1.29, 1.82) is 0 Å². The van der Waals surface area contributed by atoms with Crippen LogP contribution in [0.3, 0.4) is 0 Å². The predicted octanol–water partition coefficient (Wildman–Crippen LogP) is 3.65. The number of pyridine rings is 1. The number of benzene rings is 1. The van der Waals surface area contributed by atoms with Gasteiger partial charge in [0.15, 0.2) is 22.5 Å². The Kier molecular flexibility index (Phi) is 5.43. The molecule has 0 radical (unpaired) electrons. The van der Waals surface area contributed by atoms with Crippen LogP contribution in [0.5, 0.6) is 17.2 Å². The minimum atomic E-state index is 0.273. The SMILES string of the molecule is CCn1c(SCCCOc2ccc3c(c2)OCO3)nnc1-c1ccncc1. The maximum absolute atomic E-state index is 5.80. The molecule has 0 unspecified atom stereocenters. The van der Waals surface area contributed by atoms with E-state index in [0.717, 1.165) is 52.5 Å². The Bertz CT molecular complexity index is 901. The van der Waals surface area contributed by atoms with Crippen molar-refractivity contribution in [3.05, 3.63) is 42.7 Å². The van der Waals surface area contributed by atoms with Crippen molar-refractivity contribution in [3.63, 3.8) is 0 Å². The van der Waals surface area contributed by atoms with Crippen LogP contribution in [0.4, 0.5) is 0 Å². The van der Waals surface area contributed by atoms with Crippen molar-refractivity contribution in [2.45, 2.75) is 25.0 Å². The average Bonchev–Trinajstić information content (AvgIpc) is 3.34. The second-order valence-electron chi connectivity index (χ2n) is 5.85. The molecule has 0 bridgehead atoms. The lowest BCUT2D eigenvalue weighted by Gasteiger charge is -2.08. The fraction of sp³-hybridized carbons (Fsp3) is 0.316. The zero-order valence-corrected chi connectivity index (χ0v) is 15.8. The lowest BCUT2D eigenvalue weighted by molar-refractivity contribution is 0.173. The van der Waals surface area contributed by atoms with Gasteiger partial charge in [-0.15, -0.1) is 10.2 Å². The van der Waals surface area contributed by atoms with E-state index in [2.05, 4.69) is 26.7 Å². The van der Waals surface area contributed by atoms with E-state index in [4.69, 9.17) is 14.2 Å². The van der Waals surface area contributed by atoms with Crippen molar-refractivity contribution in [1.82, 2.24) is 19.7 Å². The summed E-state index contributed by atoms with van der Waals surface area (Å²) in [5.74, 6) is 4.07. The van der Waals surface area contributed by atoms with Gasteiger partial charge in [0.1, 0.15) is 5.75 Å². The molecule has 4 rings (SSSR count). The summed E-state index contributed by atoms with van der Waals surface area (Å²) in [5, 5.41) is 9.61. The van der Waals surface area contributed by atoms with Crippen LogP contribution in [0.25, 0.3) is 11.4 Å². The van der Waals surface area contributed by atoms with E-state index in [0.29, 0.717) is 6.61 Å². The van der Waals surface area contributed by atoms with Crippen LogP contribution in [0.1, 0.15) is 13.3 Å². The summed E-state index contributed by atoms with van der Waals surface area (Å²) in [6.07, 6.45) is 4.44. The zero-order chi connectivity index (χ0) is 18.5. The van der Waals surface area contributed by atoms with Crippen LogP contribution in [-0.4, -0.2) is 38.9 Å². The molecule has 1 aliphatic rings. The Morgan fingerprint density at radius 2 is 1.96 bits per heavy atom. The van der Waals surface area contributed by atoms with E-state index >= 15 is 0 Å². The number of fused-ring (bicyclic) bond motifs is 1. The van der Waals surface area contributed by atoms with Gasteiger partial charge in [-0.3, -0.25) is 4.98 Å². The third-order valence-corrected chi connectivity index (χ3v) is 5.16. The molecule has 8 heteroatoms. The fourth-order valence-electron chi connectivity index (χ4n) is 2.77. The van der Waals surface area contributed by atoms with E-state index in [9.17, 15) is 0 Å². The molecule has 27 heavy (non-hydrogen) atoms. The number of rotatable bonds is 8. The first-order valence-electron chi connectivity index (χ1n) is 8.84. The molecule has 0 N–H and O–H groups in total. The van der Waals surface area contributed by atoms with Gasteiger partial charge in [0, 0.05) is 36.3 Å². The third kappa shape index (κ3) is 4.00. The zero-order valence-electron chi connectivity index (χ0n) is 15.0. The Morgan fingerprint density at radius 1 is 1.11 bits per heavy atom. The van der Waals surface area contributed by atoms with Crippen molar-refractivity contribution < 1.29 is 14.2 Å². The lowest BCUT2D eigenvalue weighted by Crippen LogP contribution is -2.02. The van der Waals surface area contributed by atoms with Crippen molar-refractivity contribution in [2.24, 2.45) is 0 Å². The first kappa shape index (κ1) is 17.7. The summed E-state index contributed by atoms with van der Waals surface area (Å²) in [7, 11) is 0. The van der Waals surface area contributed by atoms with Crippen LogP contribution in [0.15, 0.2) is 47.9 Å². The van der Waals surface area contributed by atoms with Gasteiger partial charge in [-0.1, -0.05) is 11.8 Å². The molecule has 0 atom stereocenters. The number of thioether (sulfide) groups is 1. The quantitative estimate of drug-likeness (QED) is 0.434. The minimum Gasteiger partial charge on any atom is -0.493 e. The molecule has 0 amide bonds. The molecule has 0 saturated heterocycles. The third-order valence-electron chi connectivity index (χ3n) is 4.10. The molecule has 140 valence electrons. The highest BCUT2D eigenvalue weighted by molar-refractivity contribution is 7.99. The summed E-state index contributed by atoms with van der Waals surface area (Å²) in [6, 6.07) is 9.53. The number of nitrogens with zero attached hydrogens (tertiary/aromatic N) is 4. The number of aromatic nitrogens is 4. The molecule has 3 heterocycles. The van der Waals surface area contributed by atoms with Gasteiger partial charge in [0.05, 0.1) is 6.61 Å². The molecule has 0 spiro atoms. The molecular formula is C19H20N4O3S. The predicted molar refractivity (Wildman–Crippen MR) is 102 cm³/mol. The summed E-state index contributed by atoms with van der Waals surface area (Å²) in [5.41, 5.74) is 1.03. The Hall–Kier alpha value is -2.74. The molecule has 3 aromatic rings. The largest absolute Gasteiger partial charge is 0.493 e. The van der Waals surface area contributed by atoms with E-state index in [1.165, 1.54) is 0 Å². The molecule has 0 fully saturated rings. The second kappa shape index (κ2) is 8.30. The second-order valence-corrected chi connectivity index (χ2v) is 6.91. The first-order valence-corrected chi connectivity index (χ1v) is 9.82. The van der Waals surface area contributed by atoms with Crippen LogP contribution in [0.2, 0.25) is 0 Å². The van der Waals surface area contributed by atoms with Crippen LogP contribution >= 0.6 is 11.8 Å². The molecular weight excluding hydrogens is 364 g/mol. The molecule has 0 saturated carbocycles. The van der Waals surface area contributed by atoms with E-state index < -0.39 is 0 Å². The van der Waals surface area contributed by atoms with Crippen molar-refractivity contribution in [3.8, 4) is 28.6 Å². The Labute approximate surface area is 161 Å². The maximum Gasteiger partial charge on any atom is 0.231 e. The smallest absolute Gasteiger partial charge is 0.231 e. The standard InChI is InChI=1S/C19H20N4O3S/c1-2-23-18(14-6-8-20-9-7-14)21-22-19(23)27-11-3-10-24-15-4-5-16-17(12-15)26-13-25-16/h4-9,12H,2-3,10-11,13H2,1H3. The highest BCUT2D eigenvalue weighted by Gasteiger charge is 2.14. The molecule has 0 aliphatic carbocycles. The van der Waals surface area contributed by atoms with Gasteiger partial charge in [0.25, 0.3) is 0 Å². The molecule has 1 aliphatic heterocycles. The number of ether oxygens (including phenoxy) is 3.